The molecule has 1 aliphatic carbocycles. The lowest BCUT2D eigenvalue weighted by molar-refractivity contribution is 0.108. The molecule has 1 aliphatic heterocycles. The summed E-state index contributed by atoms with van der Waals surface area (Å²) in [5.41, 5.74) is 0.744. The van der Waals surface area contributed by atoms with Crippen molar-refractivity contribution >= 4 is 16.8 Å². The minimum atomic E-state index is -0.729. The number of hydrogen-bond donors (Lipinski definition) is 1. The molecule has 2 aliphatic rings. The van der Waals surface area contributed by atoms with Gasteiger partial charge in [-0.3, -0.25) is 9.59 Å². The number of aromatic amines is 1. The Balaban J connectivity index is 2.84. The molecule has 0 aromatic rings. The zero-order valence-corrected chi connectivity index (χ0v) is 7.84. The Hall–Kier alpha value is -1.61. The van der Waals surface area contributed by atoms with E-state index in [1.807, 2.05) is 0 Å². The van der Waals surface area contributed by atoms with E-state index in [2.05, 4.69) is 4.98 Å². The Morgan fingerprint density at radius 2 is 1.93 bits per heavy atom. The minimum absolute atomic E-state index is 0.0119. The molecule has 0 spiro atoms. The van der Waals surface area contributed by atoms with Crippen LogP contribution in [0.15, 0.2) is 35.1 Å². The van der Waals surface area contributed by atoms with E-state index in [4.69, 9.17) is 11.6 Å². The summed E-state index contributed by atoms with van der Waals surface area (Å²) in [5, 5.41) is -0.729. The zero-order chi connectivity index (χ0) is 10.1. The van der Waals surface area contributed by atoms with Crippen LogP contribution in [0, 0.1) is 0 Å². The maximum absolute atomic E-state index is 11.3. The van der Waals surface area contributed by atoms with Gasteiger partial charge in [0.05, 0.1) is 0 Å². The highest BCUT2D eigenvalue weighted by molar-refractivity contribution is 6.68. The highest BCUT2D eigenvalue weighted by Crippen LogP contribution is 2.21. The van der Waals surface area contributed by atoms with Gasteiger partial charge in [-0.05, 0) is 17.7 Å². The number of rotatable bonds is 1. The molecule has 0 aromatic carbocycles. The number of H-pyrrole nitrogens is 1. The first-order valence-electron chi connectivity index (χ1n) is 4.01. The predicted molar refractivity (Wildman–Crippen MR) is 53.9 cm³/mol. The van der Waals surface area contributed by atoms with Gasteiger partial charge in [-0.25, -0.2) is 0 Å². The van der Waals surface area contributed by atoms with Gasteiger partial charge in [-0.1, -0.05) is 24.3 Å². The molecule has 0 saturated heterocycles. The second-order valence-electron chi connectivity index (χ2n) is 2.84. The molecule has 4 heteroatoms. The van der Waals surface area contributed by atoms with Crippen molar-refractivity contribution < 1.29 is 4.79 Å². The predicted octanol–water partition coefficient (Wildman–Crippen LogP) is 1.86. The molecule has 14 heavy (non-hydrogen) atoms. The van der Waals surface area contributed by atoms with Crippen molar-refractivity contribution in [1.82, 2.24) is 4.98 Å². The summed E-state index contributed by atoms with van der Waals surface area (Å²) in [6.07, 6.45) is 0. The fourth-order valence-corrected chi connectivity index (χ4v) is 1.56. The molecular weight excluding hydrogens is 202 g/mol. The van der Waals surface area contributed by atoms with E-state index in [1.165, 1.54) is 0 Å². The maximum Gasteiger partial charge on any atom is 0.261 e. The summed E-state index contributed by atoms with van der Waals surface area (Å²) < 4.78 is 0. The molecule has 0 unspecified atom stereocenters. The van der Waals surface area contributed by atoms with Crippen LogP contribution in [0.1, 0.15) is 10.4 Å². The van der Waals surface area contributed by atoms with E-state index in [-0.39, 0.29) is 5.56 Å². The number of hydrogen-bond acceptors (Lipinski definition) is 2. The van der Waals surface area contributed by atoms with E-state index in [9.17, 15) is 9.59 Å². The fraction of sp³-hybridized carbons (Fsp3) is 0. The average Bonchev–Trinajstić information content (AvgIpc) is 2.31. The largest absolute Gasteiger partial charge is 0.321 e. The topological polar surface area (TPSA) is 49.9 Å². The Kier molecular flexibility index (Phi) is 2.09. The summed E-state index contributed by atoms with van der Waals surface area (Å²) in [7, 11) is 0. The number of carbonyl (C=O) groups excluding carboxylic acids is 1. The normalized spacial score (nSPS) is 10.4. The lowest BCUT2D eigenvalue weighted by Gasteiger charge is -1.90. The molecule has 0 saturated carbocycles. The van der Waals surface area contributed by atoms with Crippen LogP contribution in [0.3, 0.4) is 0 Å². The molecule has 0 atom stereocenters. The zero-order valence-electron chi connectivity index (χ0n) is 7.08. The van der Waals surface area contributed by atoms with Crippen molar-refractivity contribution in [2.75, 3.05) is 0 Å². The van der Waals surface area contributed by atoms with Gasteiger partial charge in [-0.15, -0.1) is 0 Å². The standard InChI is InChI=1S/C10H6ClNO2/c11-9(13)8-6-4-2-1-3-5-7(6)12-10(8)14/h1-5H,(H,12,14). The first-order valence-corrected chi connectivity index (χ1v) is 4.39. The summed E-state index contributed by atoms with van der Waals surface area (Å²) in [5.74, 6) is 0. The van der Waals surface area contributed by atoms with Crippen molar-refractivity contribution in [3.8, 4) is 11.3 Å². The third-order valence-electron chi connectivity index (χ3n) is 1.98. The van der Waals surface area contributed by atoms with Gasteiger partial charge in [0.2, 0.25) is 0 Å². The highest BCUT2D eigenvalue weighted by Gasteiger charge is 2.18. The van der Waals surface area contributed by atoms with Gasteiger partial charge in [0.25, 0.3) is 10.8 Å². The minimum Gasteiger partial charge on any atom is -0.321 e. The van der Waals surface area contributed by atoms with Gasteiger partial charge in [0.1, 0.15) is 5.56 Å². The Bertz CT molecular complexity index is 518. The second kappa shape index (κ2) is 3.27. The SMILES string of the molecule is O=C(Cl)c1c2cccccc-2[nH]c1=O. The smallest absolute Gasteiger partial charge is 0.261 e. The first-order chi connectivity index (χ1) is 6.70. The molecule has 2 rings (SSSR count). The van der Waals surface area contributed by atoms with E-state index in [0.29, 0.717) is 11.3 Å². The summed E-state index contributed by atoms with van der Waals surface area (Å²) >= 11 is 5.31. The quantitative estimate of drug-likeness (QED) is 0.726. The van der Waals surface area contributed by atoms with Crippen molar-refractivity contribution in [2.24, 2.45) is 0 Å². The Morgan fingerprint density at radius 3 is 2.64 bits per heavy atom. The summed E-state index contributed by atoms with van der Waals surface area (Å²) in [4.78, 5) is 24.9. The monoisotopic (exact) mass is 207 g/mol. The van der Waals surface area contributed by atoms with E-state index < -0.39 is 10.8 Å². The van der Waals surface area contributed by atoms with Crippen molar-refractivity contribution in [2.45, 2.75) is 0 Å². The van der Waals surface area contributed by atoms with Crippen molar-refractivity contribution in [1.29, 1.82) is 0 Å². The number of nitrogens with one attached hydrogen (secondary N) is 1. The molecule has 0 fully saturated rings. The molecule has 70 valence electrons. The van der Waals surface area contributed by atoms with Crippen LogP contribution in [0.5, 0.6) is 0 Å². The fourth-order valence-electron chi connectivity index (χ4n) is 1.38. The van der Waals surface area contributed by atoms with Crippen LogP contribution in [0.2, 0.25) is 0 Å². The summed E-state index contributed by atoms with van der Waals surface area (Å²) in [6, 6.07) is 8.74. The lowest BCUT2D eigenvalue weighted by atomic mass is 10.1. The molecule has 0 aromatic heterocycles. The van der Waals surface area contributed by atoms with Crippen LogP contribution < -0.4 is 5.56 Å². The van der Waals surface area contributed by atoms with Crippen LogP contribution in [-0.4, -0.2) is 10.2 Å². The van der Waals surface area contributed by atoms with E-state index in [0.717, 1.165) is 0 Å². The number of carbonyl (C=O) groups is 1. The van der Waals surface area contributed by atoms with Gasteiger partial charge in [-0.2, -0.15) is 0 Å². The van der Waals surface area contributed by atoms with Gasteiger partial charge in [0.15, 0.2) is 0 Å². The van der Waals surface area contributed by atoms with Crippen LogP contribution in [0.4, 0.5) is 0 Å². The van der Waals surface area contributed by atoms with Crippen molar-refractivity contribution in [3.63, 3.8) is 0 Å². The van der Waals surface area contributed by atoms with Crippen LogP contribution in [-0.2, 0) is 0 Å². The molecule has 1 heterocycles. The molecule has 0 bridgehead atoms. The number of fused-ring (bicyclic) bond motifs is 1. The first kappa shape index (κ1) is 8.97. The van der Waals surface area contributed by atoms with Crippen molar-refractivity contribution in [3.05, 3.63) is 46.2 Å². The van der Waals surface area contributed by atoms with E-state index in [1.54, 1.807) is 30.3 Å². The maximum atomic E-state index is 11.3. The average molecular weight is 208 g/mol. The van der Waals surface area contributed by atoms with Gasteiger partial charge < -0.3 is 4.98 Å². The van der Waals surface area contributed by atoms with Crippen LogP contribution in [0.25, 0.3) is 11.3 Å². The third kappa shape index (κ3) is 1.32. The van der Waals surface area contributed by atoms with Gasteiger partial charge >= 0.3 is 0 Å². The third-order valence-corrected chi connectivity index (χ3v) is 2.17. The van der Waals surface area contributed by atoms with E-state index >= 15 is 0 Å². The molecule has 1 N–H and O–H groups in total. The Labute approximate surface area is 84.7 Å². The molecule has 0 amide bonds. The van der Waals surface area contributed by atoms with Crippen LogP contribution >= 0.6 is 11.6 Å². The lowest BCUT2D eigenvalue weighted by Crippen LogP contribution is -2.07. The van der Waals surface area contributed by atoms with Gasteiger partial charge in [0, 0.05) is 11.3 Å². The molecular formula is C10H6ClNO2. The highest BCUT2D eigenvalue weighted by atomic mass is 35.5. The number of halogens is 1. The number of aromatic nitrogens is 1. The second-order valence-corrected chi connectivity index (χ2v) is 3.18. The summed E-state index contributed by atoms with van der Waals surface area (Å²) in [6.45, 7) is 0. The molecule has 0 radical (unpaired) electrons. The molecule has 3 nitrogen and oxygen atoms in total. The Morgan fingerprint density at radius 1 is 1.21 bits per heavy atom.